The molecule has 0 atom stereocenters. The minimum absolute atomic E-state index is 0.167. The third kappa shape index (κ3) is 2.89. The van der Waals surface area contributed by atoms with Crippen LogP contribution >= 0.6 is 0 Å². The van der Waals surface area contributed by atoms with E-state index in [1.807, 2.05) is 37.3 Å². The number of aromatic carboxylic acids is 1. The molecule has 3 rings (SSSR count). The molecule has 1 heterocycles. The average Bonchev–Trinajstić information content (AvgIpc) is 2.55. The summed E-state index contributed by atoms with van der Waals surface area (Å²) in [6.45, 7) is 1.93. The maximum atomic E-state index is 12.2. The highest BCUT2D eigenvalue weighted by atomic mass is 16.4. The largest absolute Gasteiger partial charge is 0.477 e. The highest BCUT2D eigenvalue weighted by molar-refractivity contribution is 5.94. The van der Waals surface area contributed by atoms with Crippen molar-refractivity contribution in [3.8, 4) is 22.6 Å². The zero-order valence-corrected chi connectivity index (χ0v) is 12.4. The molecule has 23 heavy (non-hydrogen) atoms. The number of carbonyl (C=O) groups is 1. The first-order chi connectivity index (χ1) is 11.1. The van der Waals surface area contributed by atoms with E-state index < -0.39 is 11.5 Å². The van der Waals surface area contributed by atoms with Crippen LogP contribution in [0.25, 0.3) is 22.6 Å². The van der Waals surface area contributed by atoms with E-state index in [2.05, 4.69) is 9.97 Å². The monoisotopic (exact) mass is 306 g/mol. The van der Waals surface area contributed by atoms with Gasteiger partial charge in [0, 0.05) is 11.1 Å². The van der Waals surface area contributed by atoms with Crippen molar-refractivity contribution in [1.29, 1.82) is 0 Å². The Morgan fingerprint density at radius 2 is 1.65 bits per heavy atom. The maximum Gasteiger partial charge on any atom is 0.343 e. The summed E-state index contributed by atoms with van der Waals surface area (Å²) in [5.41, 5.74) is 1.50. The molecule has 2 N–H and O–H groups in total. The van der Waals surface area contributed by atoms with Crippen molar-refractivity contribution < 1.29 is 9.90 Å². The number of aromatic amines is 1. The van der Waals surface area contributed by atoms with E-state index in [1.54, 1.807) is 24.3 Å². The third-order valence-electron chi connectivity index (χ3n) is 3.51. The van der Waals surface area contributed by atoms with Crippen molar-refractivity contribution in [3.63, 3.8) is 0 Å². The summed E-state index contributed by atoms with van der Waals surface area (Å²) in [5, 5.41) is 9.36. The Hall–Kier alpha value is -3.21. The predicted octanol–water partition coefficient (Wildman–Crippen LogP) is 3.11. The smallest absolute Gasteiger partial charge is 0.343 e. The first kappa shape index (κ1) is 14.7. The van der Waals surface area contributed by atoms with Crippen molar-refractivity contribution in [2.24, 2.45) is 0 Å². The maximum absolute atomic E-state index is 12.2. The topological polar surface area (TPSA) is 83.0 Å². The first-order valence-electron chi connectivity index (χ1n) is 7.06. The molecule has 0 fully saturated rings. The summed E-state index contributed by atoms with van der Waals surface area (Å²) in [6.07, 6.45) is 0. The van der Waals surface area contributed by atoms with E-state index in [0.717, 1.165) is 11.1 Å². The highest BCUT2D eigenvalue weighted by Gasteiger charge is 2.19. The summed E-state index contributed by atoms with van der Waals surface area (Å²) in [6, 6.07) is 16.3. The van der Waals surface area contributed by atoms with Gasteiger partial charge in [-0.15, -0.1) is 0 Å². The predicted molar refractivity (Wildman–Crippen MR) is 87.4 cm³/mol. The summed E-state index contributed by atoms with van der Waals surface area (Å²) in [4.78, 5) is 30.6. The first-order valence-corrected chi connectivity index (χ1v) is 7.06. The molecule has 0 unspecified atom stereocenters. The molecule has 3 aromatic rings. The zero-order chi connectivity index (χ0) is 16.4. The van der Waals surface area contributed by atoms with Crippen LogP contribution in [0.5, 0.6) is 0 Å². The van der Waals surface area contributed by atoms with Gasteiger partial charge in [0.05, 0.1) is 5.69 Å². The molecule has 1 aromatic heterocycles. The van der Waals surface area contributed by atoms with Crippen molar-refractivity contribution in [2.45, 2.75) is 6.92 Å². The van der Waals surface area contributed by atoms with Crippen LogP contribution in [0, 0.1) is 6.92 Å². The number of rotatable bonds is 3. The van der Waals surface area contributed by atoms with E-state index in [1.165, 1.54) is 0 Å². The number of benzene rings is 2. The van der Waals surface area contributed by atoms with Gasteiger partial charge in [0.15, 0.2) is 5.56 Å². The highest BCUT2D eigenvalue weighted by Crippen LogP contribution is 2.23. The molecular formula is C18H14N2O3. The molecule has 0 saturated carbocycles. The van der Waals surface area contributed by atoms with Gasteiger partial charge in [0.1, 0.15) is 5.82 Å². The molecule has 5 heteroatoms. The number of hydrogen-bond acceptors (Lipinski definition) is 3. The summed E-state index contributed by atoms with van der Waals surface area (Å²) < 4.78 is 0. The standard InChI is InChI=1S/C18H14N2O3/c1-11-7-9-12(10-8-11)15-14(18(22)23)17(21)20-16(19-15)13-5-3-2-4-6-13/h2-10H,1H3,(H,22,23)(H,19,20,21). The van der Waals surface area contributed by atoms with Gasteiger partial charge < -0.3 is 10.1 Å². The van der Waals surface area contributed by atoms with Gasteiger partial charge in [0.2, 0.25) is 0 Å². The summed E-state index contributed by atoms with van der Waals surface area (Å²) in [7, 11) is 0. The van der Waals surface area contributed by atoms with E-state index in [9.17, 15) is 14.7 Å². The van der Waals surface area contributed by atoms with Gasteiger partial charge in [-0.3, -0.25) is 4.79 Å². The summed E-state index contributed by atoms with van der Waals surface area (Å²) >= 11 is 0. The fraction of sp³-hybridized carbons (Fsp3) is 0.0556. The fourth-order valence-electron chi connectivity index (χ4n) is 2.32. The Morgan fingerprint density at radius 1 is 1.00 bits per heavy atom. The van der Waals surface area contributed by atoms with Crippen LogP contribution in [-0.4, -0.2) is 21.0 Å². The summed E-state index contributed by atoms with van der Waals surface area (Å²) in [5.74, 6) is -0.954. The van der Waals surface area contributed by atoms with Crippen LogP contribution in [0.3, 0.4) is 0 Å². The third-order valence-corrected chi connectivity index (χ3v) is 3.51. The molecule has 0 bridgehead atoms. The normalized spacial score (nSPS) is 10.5. The van der Waals surface area contributed by atoms with E-state index in [-0.39, 0.29) is 11.3 Å². The van der Waals surface area contributed by atoms with Crippen molar-refractivity contribution >= 4 is 5.97 Å². The molecule has 0 spiro atoms. The van der Waals surface area contributed by atoms with Crippen LogP contribution in [0.2, 0.25) is 0 Å². The van der Waals surface area contributed by atoms with Gasteiger partial charge in [-0.25, -0.2) is 9.78 Å². The zero-order valence-electron chi connectivity index (χ0n) is 12.4. The van der Waals surface area contributed by atoms with E-state index >= 15 is 0 Å². The number of carboxylic acids is 1. The number of nitrogens with one attached hydrogen (secondary N) is 1. The quantitative estimate of drug-likeness (QED) is 0.779. The average molecular weight is 306 g/mol. The molecule has 5 nitrogen and oxygen atoms in total. The van der Waals surface area contributed by atoms with E-state index in [4.69, 9.17) is 0 Å². The van der Waals surface area contributed by atoms with E-state index in [0.29, 0.717) is 11.4 Å². The molecule has 0 aliphatic rings. The Bertz CT molecular complexity index is 913. The number of hydrogen-bond donors (Lipinski definition) is 2. The molecule has 2 aromatic carbocycles. The lowest BCUT2D eigenvalue weighted by Gasteiger charge is -2.08. The van der Waals surface area contributed by atoms with Gasteiger partial charge in [-0.05, 0) is 6.92 Å². The molecular weight excluding hydrogens is 292 g/mol. The van der Waals surface area contributed by atoms with Crippen molar-refractivity contribution in [2.75, 3.05) is 0 Å². The lowest BCUT2D eigenvalue weighted by molar-refractivity contribution is 0.0695. The number of aryl methyl sites for hydroxylation is 1. The van der Waals surface area contributed by atoms with Gasteiger partial charge in [-0.2, -0.15) is 0 Å². The van der Waals surface area contributed by atoms with Gasteiger partial charge in [0.25, 0.3) is 5.56 Å². The van der Waals surface area contributed by atoms with Crippen molar-refractivity contribution in [1.82, 2.24) is 9.97 Å². The van der Waals surface area contributed by atoms with Crippen LogP contribution in [0.4, 0.5) is 0 Å². The molecule has 0 aliphatic heterocycles. The Kier molecular flexibility index (Phi) is 3.76. The van der Waals surface area contributed by atoms with Gasteiger partial charge in [-0.1, -0.05) is 60.2 Å². The molecule has 0 radical (unpaired) electrons. The minimum Gasteiger partial charge on any atom is -0.477 e. The lowest BCUT2D eigenvalue weighted by Crippen LogP contribution is -2.21. The molecule has 0 amide bonds. The second-order valence-electron chi connectivity index (χ2n) is 5.18. The van der Waals surface area contributed by atoms with Crippen LogP contribution in [0.15, 0.2) is 59.4 Å². The Balaban J connectivity index is 2.27. The number of nitrogens with zero attached hydrogens (tertiary/aromatic N) is 1. The molecule has 0 aliphatic carbocycles. The molecule has 0 saturated heterocycles. The number of aromatic nitrogens is 2. The lowest BCUT2D eigenvalue weighted by atomic mass is 10.0. The number of H-pyrrole nitrogens is 1. The van der Waals surface area contributed by atoms with Crippen LogP contribution < -0.4 is 5.56 Å². The SMILES string of the molecule is Cc1ccc(-c2nc(-c3ccccc3)[nH]c(=O)c2C(=O)O)cc1. The second kappa shape index (κ2) is 5.88. The van der Waals surface area contributed by atoms with Crippen LogP contribution in [0.1, 0.15) is 15.9 Å². The Labute approximate surface area is 132 Å². The fourth-order valence-corrected chi connectivity index (χ4v) is 2.32. The minimum atomic E-state index is -1.30. The van der Waals surface area contributed by atoms with Gasteiger partial charge >= 0.3 is 5.97 Å². The molecule has 114 valence electrons. The second-order valence-corrected chi connectivity index (χ2v) is 5.18. The Morgan fingerprint density at radius 3 is 2.26 bits per heavy atom. The van der Waals surface area contributed by atoms with Crippen molar-refractivity contribution in [3.05, 3.63) is 76.1 Å². The van der Waals surface area contributed by atoms with Crippen LogP contribution in [-0.2, 0) is 0 Å². The number of carboxylic acid groups (broad SMARTS) is 1.